The number of carbonyl (C=O) groups is 2. The molecule has 0 unspecified atom stereocenters. The summed E-state index contributed by atoms with van der Waals surface area (Å²) < 4.78 is 5.43. The molecule has 2 amide bonds. The molecule has 31 heavy (non-hydrogen) atoms. The first-order valence-electron chi connectivity index (χ1n) is 9.51. The lowest BCUT2D eigenvalue weighted by Crippen LogP contribution is -2.36. The molecule has 1 aromatic carbocycles. The molecule has 0 spiro atoms. The van der Waals surface area contributed by atoms with Gasteiger partial charge in [-0.15, -0.1) is 0 Å². The zero-order valence-corrected chi connectivity index (χ0v) is 17.2. The fraction of sp³-hybridized carbons (Fsp3) is 0.250. The Balaban J connectivity index is 1.45. The van der Waals surface area contributed by atoms with Crippen LogP contribution in [-0.2, 0) is 4.79 Å². The Kier molecular flexibility index (Phi) is 5.72. The van der Waals surface area contributed by atoms with E-state index in [0.717, 1.165) is 5.56 Å². The van der Waals surface area contributed by atoms with Crippen LogP contribution in [0.3, 0.4) is 0 Å². The Bertz CT molecular complexity index is 1100. The molecule has 2 aromatic heterocycles. The van der Waals surface area contributed by atoms with Gasteiger partial charge in [0.2, 0.25) is 11.9 Å². The second-order valence-corrected chi connectivity index (χ2v) is 7.52. The molecule has 3 N–H and O–H groups in total. The Morgan fingerprint density at radius 3 is 2.84 bits per heavy atom. The minimum atomic E-state index is -1.16. The van der Waals surface area contributed by atoms with Gasteiger partial charge in [0.05, 0.1) is 12.1 Å². The number of anilines is 2. The molecule has 160 valence electrons. The molecule has 10 nitrogen and oxygen atoms in total. The van der Waals surface area contributed by atoms with Crippen LogP contribution in [0.2, 0.25) is 5.02 Å². The SMILES string of the molecule is C[C@H](Nc1nccc(N2C[C@@H](NC(=O)O)CC2=O)n1)c1cc(-c2ccc(Cl)cc2)on1. The molecule has 0 bridgehead atoms. The number of carboxylic acid groups (broad SMARTS) is 1. The number of hydrogen-bond acceptors (Lipinski definition) is 7. The summed E-state index contributed by atoms with van der Waals surface area (Å²) in [4.78, 5) is 33.1. The largest absolute Gasteiger partial charge is 0.465 e. The van der Waals surface area contributed by atoms with Gasteiger partial charge in [-0.3, -0.25) is 9.69 Å². The van der Waals surface area contributed by atoms with E-state index in [1.165, 1.54) is 11.1 Å². The highest BCUT2D eigenvalue weighted by Gasteiger charge is 2.32. The molecule has 0 saturated carbocycles. The van der Waals surface area contributed by atoms with Gasteiger partial charge >= 0.3 is 6.09 Å². The summed E-state index contributed by atoms with van der Waals surface area (Å²) in [7, 11) is 0. The van der Waals surface area contributed by atoms with Crippen molar-refractivity contribution in [3.8, 4) is 11.3 Å². The third kappa shape index (κ3) is 4.75. The minimum Gasteiger partial charge on any atom is -0.465 e. The predicted molar refractivity (Wildman–Crippen MR) is 113 cm³/mol. The second-order valence-electron chi connectivity index (χ2n) is 7.08. The van der Waals surface area contributed by atoms with Crippen LogP contribution in [0, 0.1) is 0 Å². The minimum absolute atomic E-state index is 0.0852. The quantitative estimate of drug-likeness (QED) is 0.529. The first-order valence-corrected chi connectivity index (χ1v) is 9.89. The molecular formula is C20H19ClN6O4. The van der Waals surface area contributed by atoms with Crippen molar-refractivity contribution in [3.63, 3.8) is 0 Å². The van der Waals surface area contributed by atoms with Gasteiger partial charge in [0.1, 0.15) is 11.5 Å². The molecule has 3 heterocycles. The van der Waals surface area contributed by atoms with E-state index in [2.05, 4.69) is 25.8 Å². The van der Waals surface area contributed by atoms with Crippen LogP contribution in [0.15, 0.2) is 47.1 Å². The van der Waals surface area contributed by atoms with Gasteiger partial charge in [-0.1, -0.05) is 16.8 Å². The van der Waals surface area contributed by atoms with E-state index in [1.54, 1.807) is 18.2 Å². The number of aromatic nitrogens is 3. The van der Waals surface area contributed by atoms with Crippen LogP contribution in [0.1, 0.15) is 25.1 Å². The summed E-state index contributed by atoms with van der Waals surface area (Å²) in [6, 6.07) is 9.91. The standard InChI is InChI=1S/C20H19ClN6O4/c1-11(15-9-16(31-26-15)12-2-4-13(21)5-3-12)23-19-22-7-6-17(25-19)27-10-14(8-18(27)28)24-20(29)30/h2-7,9,11,14,24H,8,10H2,1H3,(H,29,30)(H,22,23,25)/t11-,14-/m0/s1. The van der Waals surface area contributed by atoms with Crippen molar-refractivity contribution in [2.24, 2.45) is 0 Å². The van der Waals surface area contributed by atoms with Crippen molar-refractivity contribution in [1.29, 1.82) is 0 Å². The number of rotatable bonds is 6. The summed E-state index contributed by atoms with van der Waals surface area (Å²) in [5, 5.41) is 19.1. The Hall–Kier alpha value is -3.66. The van der Waals surface area contributed by atoms with Gasteiger partial charge in [-0.05, 0) is 37.3 Å². The topological polar surface area (TPSA) is 133 Å². The van der Waals surface area contributed by atoms with Crippen molar-refractivity contribution in [2.45, 2.75) is 25.4 Å². The molecule has 1 aliphatic heterocycles. The Morgan fingerprint density at radius 2 is 2.10 bits per heavy atom. The number of nitrogens with zero attached hydrogens (tertiary/aromatic N) is 4. The molecule has 2 atom stereocenters. The summed E-state index contributed by atoms with van der Waals surface area (Å²) >= 11 is 5.92. The van der Waals surface area contributed by atoms with E-state index in [-0.39, 0.29) is 24.9 Å². The van der Waals surface area contributed by atoms with Crippen LogP contribution in [-0.4, -0.2) is 44.8 Å². The van der Waals surface area contributed by atoms with Gasteiger partial charge in [0.15, 0.2) is 5.76 Å². The lowest BCUT2D eigenvalue weighted by Gasteiger charge is -2.17. The molecule has 1 saturated heterocycles. The summed E-state index contributed by atoms with van der Waals surface area (Å²) in [6.45, 7) is 2.10. The first kappa shape index (κ1) is 20.6. The predicted octanol–water partition coefficient (Wildman–Crippen LogP) is 3.33. The lowest BCUT2D eigenvalue weighted by molar-refractivity contribution is -0.117. The van der Waals surface area contributed by atoms with Gasteiger partial charge in [-0.25, -0.2) is 9.78 Å². The highest BCUT2D eigenvalue weighted by Crippen LogP contribution is 2.26. The van der Waals surface area contributed by atoms with Crippen molar-refractivity contribution in [3.05, 3.63) is 53.3 Å². The second kappa shape index (κ2) is 8.60. The fourth-order valence-electron chi connectivity index (χ4n) is 3.28. The molecular weight excluding hydrogens is 424 g/mol. The normalized spacial score (nSPS) is 16.9. The number of carbonyl (C=O) groups excluding carboxylic acids is 1. The van der Waals surface area contributed by atoms with Gasteiger partial charge in [0, 0.05) is 35.8 Å². The van der Waals surface area contributed by atoms with Gasteiger partial charge in [0.25, 0.3) is 0 Å². The van der Waals surface area contributed by atoms with Crippen molar-refractivity contribution < 1.29 is 19.2 Å². The maximum absolute atomic E-state index is 12.3. The third-order valence-electron chi connectivity index (χ3n) is 4.82. The van der Waals surface area contributed by atoms with Gasteiger partial charge < -0.3 is 20.3 Å². The van der Waals surface area contributed by atoms with Crippen LogP contribution >= 0.6 is 11.6 Å². The fourth-order valence-corrected chi connectivity index (χ4v) is 3.41. The molecule has 4 rings (SSSR count). The smallest absolute Gasteiger partial charge is 0.404 e. The number of nitrogens with one attached hydrogen (secondary N) is 2. The number of amides is 2. The maximum Gasteiger partial charge on any atom is 0.404 e. The zero-order valence-electron chi connectivity index (χ0n) is 16.4. The van der Waals surface area contributed by atoms with E-state index in [0.29, 0.717) is 28.2 Å². The van der Waals surface area contributed by atoms with Crippen molar-refractivity contribution >= 4 is 35.4 Å². The molecule has 0 aliphatic carbocycles. The van der Waals surface area contributed by atoms with Crippen LogP contribution < -0.4 is 15.5 Å². The van der Waals surface area contributed by atoms with Crippen LogP contribution in [0.5, 0.6) is 0 Å². The van der Waals surface area contributed by atoms with E-state index in [4.69, 9.17) is 21.2 Å². The highest BCUT2D eigenvalue weighted by atomic mass is 35.5. The third-order valence-corrected chi connectivity index (χ3v) is 5.07. The lowest BCUT2D eigenvalue weighted by atomic mass is 10.1. The van der Waals surface area contributed by atoms with E-state index < -0.39 is 12.1 Å². The Morgan fingerprint density at radius 1 is 1.32 bits per heavy atom. The first-order chi connectivity index (χ1) is 14.9. The molecule has 3 aromatic rings. The maximum atomic E-state index is 12.3. The van der Waals surface area contributed by atoms with Crippen molar-refractivity contribution in [2.75, 3.05) is 16.8 Å². The van der Waals surface area contributed by atoms with E-state index in [9.17, 15) is 9.59 Å². The average Bonchev–Trinajstić information content (AvgIpc) is 3.35. The number of hydrogen-bond donors (Lipinski definition) is 3. The van der Waals surface area contributed by atoms with Gasteiger partial charge in [-0.2, -0.15) is 4.98 Å². The summed E-state index contributed by atoms with van der Waals surface area (Å²) in [5.41, 5.74) is 1.51. The number of benzene rings is 1. The monoisotopic (exact) mass is 442 g/mol. The Labute approximate surface area is 182 Å². The molecule has 1 aliphatic rings. The van der Waals surface area contributed by atoms with E-state index in [1.807, 2.05) is 25.1 Å². The average molecular weight is 443 g/mol. The molecule has 11 heteroatoms. The highest BCUT2D eigenvalue weighted by molar-refractivity contribution is 6.30. The summed E-state index contributed by atoms with van der Waals surface area (Å²) in [5.74, 6) is 1.10. The molecule has 0 radical (unpaired) electrons. The number of halogens is 1. The van der Waals surface area contributed by atoms with Crippen molar-refractivity contribution in [1.82, 2.24) is 20.4 Å². The summed E-state index contributed by atoms with van der Waals surface area (Å²) in [6.07, 6.45) is 0.455. The van der Waals surface area contributed by atoms with Crippen LogP contribution in [0.4, 0.5) is 16.6 Å². The molecule has 1 fully saturated rings. The van der Waals surface area contributed by atoms with E-state index >= 15 is 0 Å². The zero-order chi connectivity index (χ0) is 22.0. The van der Waals surface area contributed by atoms with Crippen LogP contribution in [0.25, 0.3) is 11.3 Å².